The van der Waals surface area contributed by atoms with Crippen LogP contribution in [0.15, 0.2) is 23.8 Å². The molecule has 19 heavy (non-hydrogen) atoms. The van der Waals surface area contributed by atoms with Gasteiger partial charge in [0.05, 0.1) is 4.92 Å². The molecule has 4 nitrogen and oxygen atoms in total. The average Bonchev–Trinajstić information content (AvgIpc) is 2.35. The lowest BCUT2D eigenvalue weighted by molar-refractivity contribution is -0.384. The molecule has 0 spiro atoms. The highest BCUT2D eigenvalue weighted by Crippen LogP contribution is 2.20. The SMILES string of the molecule is CC/C(=C/c1cc([N+](=O)[O-])ccc1F)CNC(C)C. The summed E-state index contributed by atoms with van der Waals surface area (Å²) in [5.41, 5.74) is 1.17. The number of halogens is 1. The minimum absolute atomic E-state index is 0.0973. The van der Waals surface area contributed by atoms with Crippen molar-refractivity contribution in [3.05, 3.63) is 45.3 Å². The van der Waals surface area contributed by atoms with Crippen molar-refractivity contribution in [2.45, 2.75) is 33.2 Å². The van der Waals surface area contributed by atoms with Gasteiger partial charge in [0.1, 0.15) is 5.82 Å². The second-order valence-electron chi connectivity index (χ2n) is 4.65. The molecule has 5 heteroatoms. The Morgan fingerprint density at radius 2 is 2.21 bits per heavy atom. The Bertz CT molecular complexity index is 484. The molecule has 0 aliphatic carbocycles. The molecule has 0 aromatic heterocycles. The minimum Gasteiger partial charge on any atom is -0.311 e. The Hall–Kier alpha value is -1.75. The topological polar surface area (TPSA) is 55.2 Å². The van der Waals surface area contributed by atoms with Gasteiger partial charge < -0.3 is 5.32 Å². The van der Waals surface area contributed by atoms with Crippen LogP contribution < -0.4 is 5.32 Å². The second kappa shape index (κ2) is 6.99. The molecule has 1 aromatic rings. The molecule has 0 saturated carbocycles. The normalized spacial score (nSPS) is 11.9. The van der Waals surface area contributed by atoms with E-state index in [1.54, 1.807) is 6.08 Å². The van der Waals surface area contributed by atoms with Crippen LogP contribution in [0.4, 0.5) is 10.1 Å². The predicted octanol–water partition coefficient (Wildman–Crippen LogP) is 3.53. The van der Waals surface area contributed by atoms with E-state index in [1.807, 2.05) is 20.8 Å². The third kappa shape index (κ3) is 4.79. The van der Waals surface area contributed by atoms with Gasteiger partial charge in [0.2, 0.25) is 0 Å². The third-order valence-electron chi connectivity index (χ3n) is 2.74. The van der Waals surface area contributed by atoms with Gasteiger partial charge in [0, 0.05) is 30.3 Å². The van der Waals surface area contributed by atoms with Crippen molar-refractivity contribution in [1.82, 2.24) is 5.32 Å². The maximum atomic E-state index is 13.6. The van der Waals surface area contributed by atoms with E-state index in [4.69, 9.17) is 0 Å². The zero-order valence-electron chi connectivity index (χ0n) is 11.4. The van der Waals surface area contributed by atoms with Crippen molar-refractivity contribution < 1.29 is 9.31 Å². The molecule has 0 fully saturated rings. The van der Waals surface area contributed by atoms with Gasteiger partial charge in [-0.25, -0.2) is 4.39 Å². The van der Waals surface area contributed by atoms with Gasteiger partial charge in [-0.2, -0.15) is 0 Å². The predicted molar refractivity (Wildman–Crippen MR) is 74.5 cm³/mol. The number of hydrogen-bond acceptors (Lipinski definition) is 3. The van der Waals surface area contributed by atoms with Crippen LogP contribution in [0.2, 0.25) is 0 Å². The van der Waals surface area contributed by atoms with E-state index in [1.165, 1.54) is 12.1 Å². The van der Waals surface area contributed by atoms with Crippen molar-refractivity contribution in [2.75, 3.05) is 6.54 Å². The lowest BCUT2D eigenvalue weighted by Crippen LogP contribution is -2.24. The Balaban J connectivity index is 2.99. The first-order valence-electron chi connectivity index (χ1n) is 6.30. The van der Waals surface area contributed by atoms with Crippen LogP contribution in [0.1, 0.15) is 32.8 Å². The maximum absolute atomic E-state index is 13.6. The van der Waals surface area contributed by atoms with Crippen molar-refractivity contribution in [3.8, 4) is 0 Å². The summed E-state index contributed by atoms with van der Waals surface area (Å²) in [4.78, 5) is 10.2. The van der Waals surface area contributed by atoms with E-state index in [0.717, 1.165) is 18.1 Å². The van der Waals surface area contributed by atoms with Gasteiger partial charge in [-0.05, 0) is 12.5 Å². The van der Waals surface area contributed by atoms with E-state index in [9.17, 15) is 14.5 Å². The molecule has 0 aliphatic heterocycles. The summed E-state index contributed by atoms with van der Waals surface area (Å²) in [5, 5.41) is 13.9. The van der Waals surface area contributed by atoms with Gasteiger partial charge in [-0.3, -0.25) is 10.1 Å². The summed E-state index contributed by atoms with van der Waals surface area (Å²) >= 11 is 0. The van der Waals surface area contributed by atoms with Gasteiger partial charge in [0.15, 0.2) is 0 Å². The zero-order chi connectivity index (χ0) is 14.4. The number of nitro benzene ring substituents is 1. The summed E-state index contributed by atoms with van der Waals surface area (Å²) < 4.78 is 13.6. The summed E-state index contributed by atoms with van der Waals surface area (Å²) in [6, 6.07) is 3.91. The summed E-state index contributed by atoms with van der Waals surface area (Å²) in [5.74, 6) is -0.443. The number of benzene rings is 1. The molecule has 0 amide bonds. The molecule has 0 atom stereocenters. The van der Waals surface area contributed by atoms with E-state index in [2.05, 4.69) is 5.32 Å². The highest BCUT2D eigenvalue weighted by atomic mass is 19.1. The number of non-ortho nitro benzene ring substituents is 1. The Labute approximate surface area is 112 Å². The molecule has 0 radical (unpaired) electrons. The molecule has 0 heterocycles. The van der Waals surface area contributed by atoms with Gasteiger partial charge in [0.25, 0.3) is 5.69 Å². The van der Waals surface area contributed by atoms with Crippen LogP contribution in [-0.2, 0) is 0 Å². The van der Waals surface area contributed by atoms with Gasteiger partial charge >= 0.3 is 0 Å². The van der Waals surface area contributed by atoms with Gasteiger partial charge in [-0.1, -0.05) is 32.4 Å². The zero-order valence-corrected chi connectivity index (χ0v) is 11.4. The molecule has 1 rings (SSSR count). The molecule has 0 aliphatic rings. The first-order chi connectivity index (χ1) is 8.93. The van der Waals surface area contributed by atoms with Crippen molar-refractivity contribution in [2.24, 2.45) is 0 Å². The number of rotatable bonds is 6. The Morgan fingerprint density at radius 1 is 1.53 bits per heavy atom. The van der Waals surface area contributed by atoms with E-state index in [0.29, 0.717) is 12.6 Å². The van der Waals surface area contributed by atoms with Crippen LogP contribution in [0, 0.1) is 15.9 Å². The van der Waals surface area contributed by atoms with Crippen molar-refractivity contribution in [1.29, 1.82) is 0 Å². The minimum atomic E-state index is -0.519. The number of nitrogens with one attached hydrogen (secondary N) is 1. The highest BCUT2D eigenvalue weighted by molar-refractivity contribution is 5.57. The first-order valence-corrected chi connectivity index (χ1v) is 6.30. The van der Waals surface area contributed by atoms with E-state index in [-0.39, 0.29) is 11.3 Å². The average molecular weight is 266 g/mol. The third-order valence-corrected chi connectivity index (χ3v) is 2.74. The molecule has 0 unspecified atom stereocenters. The van der Waals surface area contributed by atoms with Crippen LogP contribution in [0.3, 0.4) is 0 Å². The molecule has 1 N–H and O–H groups in total. The fraction of sp³-hybridized carbons (Fsp3) is 0.429. The van der Waals surface area contributed by atoms with Crippen molar-refractivity contribution in [3.63, 3.8) is 0 Å². The first kappa shape index (κ1) is 15.3. The monoisotopic (exact) mass is 266 g/mol. The summed E-state index contributed by atoms with van der Waals surface area (Å²) in [7, 11) is 0. The lowest BCUT2D eigenvalue weighted by atomic mass is 10.1. The van der Waals surface area contributed by atoms with Crippen LogP contribution in [0.25, 0.3) is 6.08 Å². The van der Waals surface area contributed by atoms with Crippen LogP contribution >= 0.6 is 0 Å². The van der Waals surface area contributed by atoms with E-state index >= 15 is 0 Å². The number of nitrogens with zero attached hydrogens (tertiary/aromatic N) is 1. The molecular weight excluding hydrogens is 247 g/mol. The Morgan fingerprint density at radius 3 is 2.74 bits per heavy atom. The van der Waals surface area contributed by atoms with Crippen LogP contribution in [-0.4, -0.2) is 17.5 Å². The van der Waals surface area contributed by atoms with Crippen molar-refractivity contribution >= 4 is 11.8 Å². The summed E-state index contributed by atoms with van der Waals surface area (Å²) in [6.07, 6.45) is 2.44. The molecular formula is C14H19FN2O2. The lowest BCUT2D eigenvalue weighted by Gasteiger charge is -2.10. The standard InChI is InChI=1S/C14H19FN2O2/c1-4-11(9-16-10(2)3)7-12-8-13(17(18)19)5-6-14(12)15/h5-8,10,16H,4,9H2,1-3H3/b11-7-. The molecule has 0 bridgehead atoms. The molecule has 0 saturated heterocycles. The molecule has 104 valence electrons. The molecule has 1 aromatic carbocycles. The highest BCUT2D eigenvalue weighted by Gasteiger charge is 2.09. The number of nitro groups is 1. The largest absolute Gasteiger partial charge is 0.311 e. The maximum Gasteiger partial charge on any atom is 0.270 e. The van der Waals surface area contributed by atoms with Crippen LogP contribution in [0.5, 0.6) is 0 Å². The fourth-order valence-electron chi connectivity index (χ4n) is 1.59. The summed E-state index contributed by atoms with van der Waals surface area (Å²) in [6.45, 7) is 6.68. The number of hydrogen-bond donors (Lipinski definition) is 1. The van der Waals surface area contributed by atoms with Gasteiger partial charge in [-0.15, -0.1) is 0 Å². The second-order valence-corrected chi connectivity index (χ2v) is 4.65. The fourth-order valence-corrected chi connectivity index (χ4v) is 1.59. The van der Waals surface area contributed by atoms with E-state index < -0.39 is 10.7 Å². The quantitative estimate of drug-likeness (QED) is 0.633. The Kier molecular flexibility index (Phi) is 5.63. The smallest absolute Gasteiger partial charge is 0.270 e.